The van der Waals surface area contributed by atoms with E-state index in [-0.39, 0.29) is 122 Å². The molecule has 1 aromatic heterocycles. The molecule has 2 atom stereocenters. The number of carbonyl (C=O) groups is 3. The van der Waals surface area contributed by atoms with E-state index in [1.54, 1.807) is 33.1 Å². The zero-order chi connectivity index (χ0) is 35.7. The van der Waals surface area contributed by atoms with Crippen LogP contribution in [0.5, 0.6) is 5.75 Å². The molecule has 3 amide bonds. The van der Waals surface area contributed by atoms with Gasteiger partial charge in [-0.1, -0.05) is 84.9 Å². The Morgan fingerprint density at radius 3 is 2.32 bits per heavy atom. The SMILES string of the molecule is C=CCN1CC(=O)N2[C@@H](Cc3ccc(OP(=O)([O-])[O-])cc3)C(=O)N(Cc3cccc4c3oc3ccccc34)C[C@@H]2N1C(=O)CCc1ccccc1.[Na+].[Na+]. The summed E-state index contributed by atoms with van der Waals surface area (Å²) in [6, 6.07) is 27.9. The maximum absolute atomic E-state index is 14.5. The maximum Gasteiger partial charge on any atom is 1.00 e. The van der Waals surface area contributed by atoms with Crippen molar-refractivity contribution in [2.45, 2.75) is 38.0 Å². The van der Waals surface area contributed by atoms with Crippen molar-refractivity contribution in [3.8, 4) is 5.75 Å². The van der Waals surface area contributed by atoms with Gasteiger partial charge in [-0.2, -0.15) is 0 Å². The molecule has 15 heteroatoms. The van der Waals surface area contributed by atoms with Crippen LogP contribution in [0.3, 0.4) is 0 Å². The van der Waals surface area contributed by atoms with Crippen molar-refractivity contribution in [2.24, 2.45) is 0 Å². The molecule has 262 valence electrons. The molecule has 2 aliphatic heterocycles. The van der Waals surface area contributed by atoms with E-state index >= 15 is 0 Å². The Labute approximate surface area is 351 Å². The summed E-state index contributed by atoms with van der Waals surface area (Å²) in [6.07, 6.45) is 1.55. The fourth-order valence-corrected chi connectivity index (χ4v) is 7.47. The summed E-state index contributed by atoms with van der Waals surface area (Å²) in [7, 11) is -5.27. The van der Waals surface area contributed by atoms with Crippen molar-refractivity contribution in [3.63, 3.8) is 0 Å². The molecule has 2 fully saturated rings. The van der Waals surface area contributed by atoms with E-state index in [0.717, 1.165) is 27.5 Å². The molecular formula is C38H35N4Na2O8P. The second-order valence-electron chi connectivity index (χ2n) is 12.7. The van der Waals surface area contributed by atoms with E-state index < -0.39 is 20.0 Å². The van der Waals surface area contributed by atoms with Crippen LogP contribution in [-0.2, 0) is 38.3 Å². The van der Waals surface area contributed by atoms with Gasteiger partial charge in [-0.25, -0.2) is 10.0 Å². The molecule has 0 saturated carbocycles. The maximum atomic E-state index is 14.5. The number of furan rings is 1. The van der Waals surface area contributed by atoms with Crippen LogP contribution in [-0.4, -0.2) is 69.4 Å². The number of aryl methyl sites for hydroxylation is 1. The number of carbonyl (C=O) groups excluding carboxylic acids is 3. The molecule has 12 nitrogen and oxygen atoms in total. The predicted octanol–water partition coefficient (Wildman–Crippen LogP) is -2.21. The molecule has 0 aliphatic carbocycles. The van der Waals surface area contributed by atoms with E-state index in [0.29, 0.717) is 17.6 Å². The first-order valence-electron chi connectivity index (χ1n) is 16.6. The second kappa shape index (κ2) is 17.5. The normalized spacial score (nSPS) is 17.7. The first kappa shape index (κ1) is 40.9. The number of rotatable bonds is 11. The smallest absolute Gasteiger partial charge is 0.780 e. The minimum Gasteiger partial charge on any atom is -0.780 e. The third-order valence-corrected chi connectivity index (χ3v) is 9.75. The fraction of sp³-hybridized carbons (Fsp3) is 0.237. The zero-order valence-corrected chi connectivity index (χ0v) is 34.5. The summed E-state index contributed by atoms with van der Waals surface area (Å²) >= 11 is 0. The number of hydrogen-bond donors (Lipinski definition) is 0. The Balaban J connectivity index is 0.00000271. The Morgan fingerprint density at radius 1 is 0.906 bits per heavy atom. The van der Waals surface area contributed by atoms with Gasteiger partial charge in [0.2, 0.25) is 17.7 Å². The molecule has 0 unspecified atom stereocenters. The molecular weight excluding hydrogens is 717 g/mol. The minimum atomic E-state index is -5.27. The zero-order valence-electron chi connectivity index (χ0n) is 29.6. The Morgan fingerprint density at radius 2 is 1.60 bits per heavy atom. The number of amides is 3. The van der Waals surface area contributed by atoms with Gasteiger partial charge in [-0.15, -0.1) is 6.58 Å². The third-order valence-electron chi connectivity index (χ3n) is 9.31. The van der Waals surface area contributed by atoms with Crippen LogP contribution >= 0.6 is 7.82 Å². The molecule has 7 rings (SSSR count). The van der Waals surface area contributed by atoms with Gasteiger partial charge in [0, 0.05) is 42.3 Å². The predicted molar refractivity (Wildman–Crippen MR) is 185 cm³/mol. The van der Waals surface area contributed by atoms with E-state index in [9.17, 15) is 28.7 Å². The standard InChI is InChI=1S/C38H37N4O8P.2Na/c1-2-21-40-25-36(44)41-32(22-27-15-18-29(19-16-27)50-51(46,47)48)38(45)39(24-34(41)42(40)35(43)20-17-26-9-4-3-5-10-26)23-28-11-8-13-31-30-12-6-7-14-33(30)49-37(28)31;;/h2-16,18-19,32,34H,1,17,20-25H2,(H2,46,47,48);;/q;2*+1/p-2/t32-,34-;;/m0../s1. The first-order chi connectivity index (χ1) is 24.6. The average molecular weight is 753 g/mol. The third kappa shape index (κ3) is 9.01. The van der Waals surface area contributed by atoms with Crippen molar-refractivity contribution in [1.29, 1.82) is 0 Å². The molecule has 0 spiro atoms. The van der Waals surface area contributed by atoms with Crippen molar-refractivity contribution in [2.75, 3.05) is 19.6 Å². The topological polar surface area (TPSA) is 150 Å². The number of hydrogen-bond acceptors (Lipinski definition) is 9. The molecule has 3 heterocycles. The summed E-state index contributed by atoms with van der Waals surface area (Å²) in [5.74, 6) is -0.989. The van der Waals surface area contributed by atoms with Gasteiger partial charge in [-0.05, 0) is 35.7 Å². The molecule has 2 saturated heterocycles. The number of fused-ring (bicyclic) bond motifs is 4. The van der Waals surface area contributed by atoms with E-state index in [4.69, 9.17) is 4.42 Å². The molecule has 2 aliphatic rings. The van der Waals surface area contributed by atoms with Crippen LogP contribution < -0.4 is 73.4 Å². The summed E-state index contributed by atoms with van der Waals surface area (Å²) < 4.78 is 21.9. The van der Waals surface area contributed by atoms with Crippen molar-refractivity contribution in [1.82, 2.24) is 19.8 Å². The number of nitrogens with zero attached hydrogens (tertiary/aromatic N) is 4. The summed E-state index contributed by atoms with van der Waals surface area (Å²) in [4.78, 5) is 68.1. The molecule has 0 radical (unpaired) electrons. The van der Waals surface area contributed by atoms with Crippen LogP contribution in [0.15, 0.2) is 114 Å². The summed E-state index contributed by atoms with van der Waals surface area (Å²) in [6.45, 7) is 4.18. The molecule has 0 bridgehead atoms. The van der Waals surface area contributed by atoms with Gasteiger partial charge in [-0.3, -0.25) is 14.4 Å². The Hall–Kier alpha value is -3.26. The van der Waals surface area contributed by atoms with Crippen LogP contribution in [0, 0.1) is 0 Å². The van der Waals surface area contributed by atoms with E-state index in [1.165, 1.54) is 17.0 Å². The van der Waals surface area contributed by atoms with Crippen LogP contribution in [0.1, 0.15) is 23.1 Å². The van der Waals surface area contributed by atoms with Gasteiger partial charge in [0.1, 0.15) is 36.9 Å². The largest absolute Gasteiger partial charge is 1.00 e. The van der Waals surface area contributed by atoms with Gasteiger partial charge >= 0.3 is 59.1 Å². The number of phosphoric acid groups is 1. The van der Waals surface area contributed by atoms with Crippen molar-refractivity contribution >= 4 is 47.5 Å². The summed E-state index contributed by atoms with van der Waals surface area (Å²) in [5.41, 5.74) is 3.74. The van der Waals surface area contributed by atoms with Gasteiger partial charge in [0.25, 0.3) is 0 Å². The molecule has 5 aromatic rings. The van der Waals surface area contributed by atoms with Crippen LogP contribution in [0.2, 0.25) is 0 Å². The quantitative estimate of drug-likeness (QED) is 0.0832. The Kier molecular flexibility index (Phi) is 13.5. The van der Waals surface area contributed by atoms with Crippen LogP contribution in [0.25, 0.3) is 21.9 Å². The second-order valence-corrected chi connectivity index (χ2v) is 13.7. The van der Waals surface area contributed by atoms with E-state index in [1.807, 2.05) is 72.8 Å². The number of hydrazine groups is 1. The number of phosphoric ester groups is 1. The van der Waals surface area contributed by atoms with Crippen molar-refractivity contribution < 1.29 is 96.8 Å². The van der Waals surface area contributed by atoms with Gasteiger partial charge in [0.15, 0.2) is 0 Å². The van der Waals surface area contributed by atoms with E-state index in [2.05, 4.69) is 11.1 Å². The average Bonchev–Trinajstić information content (AvgIpc) is 3.49. The fourth-order valence-electron chi connectivity index (χ4n) is 7.09. The molecule has 53 heavy (non-hydrogen) atoms. The monoisotopic (exact) mass is 752 g/mol. The van der Waals surface area contributed by atoms with Gasteiger partial charge < -0.3 is 33.1 Å². The minimum absolute atomic E-state index is 0. The van der Waals surface area contributed by atoms with Gasteiger partial charge in [0.05, 0.1) is 13.1 Å². The summed E-state index contributed by atoms with van der Waals surface area (Å²) in [5, 5.41) is 5.16. The molecule has 0 N–H and O–H groups in total. The van der Waals surface area contributed by atoms with Crippen LogP contribution in [0.4, 0.5) is 0 Å². The number of benzene rings is 4. The first-order valence-corrected chi connectivity index (χ1v) is 18.1. The Bertz CT molecular complexity index is 2160. The molecule has 4 aromatic carbocycles. The number of piperazine rings is 1. The number of para-hydroxylation sites is 2. The van der Waals surface area contributed by atoms with Crippen molar-refractivity contribution in [3.05, 3.63) is 126 Å².